The van der Waals surface area contributed by atoms with Gasteiger partial charge in [0.1, 0.15) is 0 Å². The van der Waals surface area contributed by atoms with Gasteiger partial charge in [-0.25, -0.2) is 0 Å². The highest BCUT2D eigenvalue weighted by Crippen LogP contribution is 2.11. The first kappa shape index (κ1) is 13.1. The van der Waals surface area contributed by atoms with Crippen molar-refractivity contribution in [2.24, 2.45) is 0 Å². The van der Waals surface area contributed by atoms with Crippen molar-refractivity contribution >= 4 is 0 Å². The number of methoxy groups -OCH3 is 1. The maximum absolute atomic E-state index is 5.36. The second kappa shape index (κ2) is 5.97. The largest absolute Gasteiger partial charge is 0.379 e. The van der Waals surface area contributed by atoms with E-state index in [4.69, 9.17) is 4.74 Å². The molecular formula is C13H22N2O. The molecule has 1 heterocycles. The summed E-state index contributed by atoms with van der Waals surface area (Å²) in [6.07, 6.45) is 2.83. The van der Waals surface area contributed by atoms with E-state index in [9.17, 15) is 0 Å². The molecule has 1 aromatic rings. The molecule has 90 valence electrons. The Bertz CT molecular complexity index is 323. The van der Waals surface area contributed by atoms with E-state index in [2.05, 4.69) is 37.1 Å². The first-order valence-electron chi connectivity index (χ1n) is 5.71. The van der Waals surface area contributed by atoms with Crippen LogP contribution in [-0.4, -0.2) is 24.2 Å². The van der Waals surface area contributed by atoms with Crippen LogP contribution in [0.3, 0.4) is 0 Å². The molecule has 0 spiro atoms. The van der Waals surface area contributed by atoms with Gasteiger partial charge in [-0.2, -0.15) is 0 Å². The number of nitrogens with one attached hydrogen (secondary N) is 1. The topological polar surface area (TPSA) is 34.1 Å². The standard InChI is InChI=1S/C13H22N2O/c1-11-6-5-8-15-12(11)10-14-9-7-13(2,3)16-4/h5-6,8,14H,7,9-10H2,1-4H3. The average Bonchev–Trinajstić information content (AvgIpc) is 2.27. The van der Waals surface area contributed by atoms with Crippen LogP contribution in [0.1, 0.15) is 31.5 Å². The smallest absolute Gasteiger partial charge is 0.0634 e. The van der Waals surface area contributed by atoms with E-state index in [0.717, 1.165) is 25.2 Å². The second-order valence-electron chi connectivity index (χ2n) is 4.66. The Labute approximate surface area is 98.2 Å². The number of nitrogens with zero attached hydrogens (tertiary/aromatic N) is 1. The third kappa shape index (κ3) is 4.29. The predicted molar refractivity (Wildman–Crippen MR) is 66.4 cm³/mol. The van der Waals surface area contributed by atoms with E-state index in [1.165, 1.54) is 5.56 Å². The number of rotatable bonds is 6. The molecule has 0 saturated carbocycles. The molecule has 0 aliphatic rings. The lowest BCUT2D eigenvalue weighted by Gasteiger charge is -2.22. The molecule has 1 rings (SSSR count). The Morgan fingerprint density at radius 2 is 2.19 bits per heavy atom. The van der Waals surface area contributed by atoms with E-state index in [1.54, 1.807) is 7.11 Å². The average molecular weight is 222 g/mol. The van der Waals surface area contributed by atoms with Crippen LogP contribution in [0.4, 0.5) is 0 Å². The number of hydrogen-bond acceptors (Lipinski definition) is 3. The zero-order valence-corrected chi connectivity index (χ0v) is 10.7. The second-order valence-corrected chi connectivity index (χ2v) is 4.66. The third-order valence-electron chi connectivity index (χ3n) is 2.87. The van der Waals surface area contributed by atoms with Gasteiger partial charge in [-0.15, -0.1) is 0 Å². The summed E-state index contributed by atoms with van der Waals surface area (Å²) in [5.41, 5.74) is 2.31. The Balaban J connectivity index is 2.29. The van der Waals surface area contributed by atoms with Gasteiger partial charge < -0.3 is 10.1 Å². The molecule has 0 bridgehead atoms. The Morgan fingerprint density at radius 3 is 2.81 bits per heavy atom. The van der Waals surface area contributed by atoms with Crippen LogP contribution in [0.5, 0.6) is 0 Å². The van der Waals surface area contributed by atoms with Crippen LogP contribution >= 0.6 is 0 Å². The lowest BCUT2D eigenvalue weighted by molar-refractivity contribution is 0.0158. The van der Waals surface area contributed by atoms with E-state index in [-0.39, 0.29) is 5.60 Å². The van der Waals surface area contributed by atoms with Gasteiger partial charge in [-0.3, -0.25) is 4.98 Å². The third-order valence-corrected chi connectivity index (χ3v) is 2.87. The monoisotopic (exact) mass is 222 g/mol. The van der Waals surface area contributed by atoms with Crippen molar-refractivity contribution in [3.8, 4) is 0 Å². The van der Waals surface area contributed by atoms with Crippen LogP contribution < -0.4 is 5.32 Å². The molecule has 16 heavy (non-hydrogen) atoms. The lowest BCUT2D eigenvalue weighted by Crippen LogP contribution is -2.28. The van der Waals surface area contributed by atoms with Gasteiger partial charge >= 0.3 is 0 Å². The summed E-state index contributed by atoms with van der Waals surface area (Å²) in [5, 5.41) is 3.39. The van der Waals surface area contributed by atoms with Crippen molar-refractivity contribution in [1.82, 2.24) is 10.3 Å². The van der Waals surface area contributed by atoms with E-state index in [1.807, 2.05) is 12.3 Å². The summed E-state index contributed by atoms with van der Waals surface area (Å²) in [7, 11) is 1.75. The molecular weight excluding hydrogens is 200 g/mol. The zero-order valence-electron chi connectivity index (χ0n) is 10.7. The lowest BCUT2D eigenvalue weighted by atomic mass is 10.1. The zero-order chi connectivity index (χ0) is 12.0. The SMILES string of the molecule is COC(C)(C)CCNCc1ncccc1C. The summed E-state index contributed by atoms with van der Waals surface area (Å²) in [5.74, 6) is 0. The molecule has 0 unspecified atom stereocenters. The van der Waals surface area contributed by atoms with Crippen molar-refractivity contribution in [2.75, 3.05) is 13.7 Å². The fourth-order valence-electron chi connectivity index (χ4n) is 1.40. The van der Waals surface area contributed by atoms with Crippen molar-refractivity contribution in [3.63, 3.8) is 0 Å². The quantitative estimate of drug-likeness (QED) is 0.750. The molecule has 0 aliphatic heterocycles. The fraction of sp³-hybridized carbons (Fsp3) is 0.615. The van der Waals surface area contributed by atoms with Gasteiger partial charge in [0.25, 0.3) is 0 Å². The molecule has 0 aromatic carbocycles. The summed E-state index contributed by atoms with van der Waals surface area (Å²) in [4.78, 5) is 4.34. The predicted octanol–water partition coefficient (Wildman–Crippen LogP) is 2.29. The van der Waals surface area contributed by atoms with Crippen LogP contribution in [-0.2, 0) is 11.3 Å². The van der Waals surface area contributed by atoms with Crippen molar-refractivity contribution in [3.05, 3.63) is 29.6 Å². The highest BCUT2D eigenvalue weighted by molar-refractivity contribution is 5.17. The molecule has 3 nitrogen and oxygen atoms in total. The number of hydrogen-bond donors (Lipinski definition) is 1. The van der Waals surface area contributed by atoms with Crippen LogP contribution in [0.2, 0.25) is 0 Å². The molecule has 0 fully saturated rings. The van der Waals surface area contributed by atoms with Crippen molar-refractivity contribution in [1.29, 1.82) is 0 Å². The maximum atomic E-state index is 5.36. The highest BCUT2D eigenvalue weighted by Gasteiger charge is 2.14. The van der Waals surface area contributed by atoms with Gasteiger partial charge in [-0.05, 0) is 45.4 Å². The molecule has 0 aliphatic carbocycles. The molecule has 0 atom stereocenters. The summed E-state index contributed by atoms with van der Waals surface area (Å²) < 4.78 is 5.36. The van der Waals surface area contributed by atoms with Gasteiger partial charge in [-0.1, -0.05) is 6.07 Å². The summed E-state index contributed by atoms with van der Waals surface area (Å²) in [6, 6.07) is 4.05. The Hall–Kier alpha value is -0.930. The van der Waals surface area contributed by atoms with E-state index < -0.39 is 0 Å². The van der Waals surface area contributed by atoms with Gasteiger partial charge in [0.05, 0.1) is 11.3 Å². The Kier molecular flexibility index (Phi) is 4.90. The Morgan fingerprint density at radius 1 is 1.44 bits per heavy atom. The molecule has 3 heteroatoms. The fourth-order valence-corrected chi connectivity index (χ4v) is 1.40. The van der Waals surface area contributed by atoms with Crippen LogP contribution in [0.25, 0.3) is 0 Å². The highest BCUT2D eigenvalue weighted by atomic mass is 16.5. The van der Waals surface area contributed by atoms with E-state index in [0.29, 0.717) is 0 Å². The van der Waals surface area contributed by atoms with Crippen LogP contribution in [0, 0.1) is 6.92 Å². The normalized spacial score (nSPS) is 11.8. The first-order valence-corrected chi connectivity index (χ1v) is 5.71. The molecule has 0 radical (unpaired) electrons. The molecule has 1 N–H and O–H groups in total. The minimum absolute atomic E-state index is 0.0494. The minimum atomic E-state index is -0.0494. The van der Waals surface area contributed by atoms with Crippen molar-refractivity contribution < 1.29 is 4.74 Å². The van der Waals surface area contributed by atoms with E-state index >= 15 is 0 Å². The van der Waals surface area contributed by atoms with Crippen molar-refractivity contribution in [2.45, 2.75) is 39.3 Å². The summed E-state index contributed by atoms with van der Waals surface area (Å²) in [6.45, 7) is 8.05. The molecule has 0 amide bonds. The number of aromatic nitrogens is 1. The number of aryl methyl sites for hydroxylation is 1. The minimum Gasteiger partial charge on any atom is -0.379 e. The maximum Gasteiger partial charge on any atom is 0.0634 e. The molecule has 0 saturated heterocycles. The first-order chi connectivity index (χ1) is 7.55. The number of ether oxygens (including phenoxy) is 1. The summed E-state index contributed by atoms with van der Waals surface area (Å²) >= 11 is 0. The van der Waals surface area contributed by atoms with Gasteiger partial charge in [0.15, 0.2) is 0 Å². The van der Waals surface area contributed by atoms with Crippen LogP contribution in [0.15, 0.2) is 18.3 Å². The van der Waals surface area contributed by atoms with Gasteiger partial charge in [0, 0.05) is 19.9 Å². The van der Waals surface area contributed by atoms with Gasteiger partial charge in [0.2, 0.25) is 0 Å². The number of pyridine rings is 1. The molecule has 1 aromatic heterocycles.